The predicted octanol–water partition coefficient (Wildman–Crippen LogP) is 5.20. The first-order valence-electron chi connectivity index (χ1n) is 9.83. The summed E-state index contributed by atoms with van der Waals surface area (Å²) in [6.07, 6.45) is 1.75. The van der Waals surface area contributed by atoms with Crippen molar-refractivity contribution in [3.63, 3.8) is 0 Å². The van der Waals surface area contributed by atoms with Crippen LogP contribution in [0.2, 0.25) is 0 Å². The van der Waals surface area contributed by atoms with Gasteiger partial charge in [-0.1, -0.05) is 64.5 Å². The van der Waals surface area contributed by atoms with E-state index in [4.69, 9.17) is 4.74 Å². The van der Waals surface area contributed by atoms with E-state index in [1.54, 1.807) is 42.1 Å². The maximum absolute atomic E-state index is 13.1. The number of amides is 1. The van der Waals surface area contributed by atoms with Gasteiger partial charge in [-0.15, -0.1) is 0 Å². The van der Waals surface area contributed by atoms with Crippen molar-refractivity contribution in [1.29, 1.82) is 0 Å². The molecule has 1 amide bonds. The molecule has 0 aliphatic heterocycles. The molecule has 6 heteroatoms. The lowest BCUT2D eigenvalue weighted by molar-refractivity contribution is 0.0937. The minimum absolute atomic E-state index is 0.144. The van der Waals surface area contributed by atoms with Crippen molar-refractivity contribution >= 4 is 38.6 Å². The number of nitrogens with zero attached hydrogens (tertiary/aromatic N) is 1. The van der Waals surface area contributed by atoms with Crippen LogP contribution in [0.4, 0.5) is 0 Å². The van der Waals surface area contributed by atoms with Gasteiger partial charge in [-0.05, 0) is 30.3 Å². The van der Waals surface area contributed by atoms with E-state index in [9.17, 15) is 9.59 Å². The van der Waals surface area contributed by atoms with Crippen LogP contribution in [-0.4, -0.2) is 28.8 Å². The summed E-state index contributed by atoms with van der Waals surface area (Å²) in [7, 11) is 1.58. The van der Waals surface area contributed by atoms with Gasteiger partial charge in [0.2, 0.25) is 0 Å². The highest BCUT2D eigenvalue weighted by molar-refractivity contribution is 9.09. The number of hydrogen-bond donors (Lipinski definition) is 1. The first-order valence-corrected chi connectivity index (χ1v) is 11.0. The number of fused-ring (bicyclic) bond motifs is 1. The van der Waals surface area contributed by atoms with Gasteiger partial charge >= 0.3 is 0 Å². The van der Waals surface area contributed by atoms with Crippen molar-refractivity contribution in [2.45, 2.75) is 6.04 Å². The molecule has 0 aliphatic carbocycles. The smallest absolute Gasteiger partial charge is 0.262 e. The van der Waals surface area contributed by atoms with Gasteiger partial charge in [0.1, 0.15) is 5.75 Å². The van der Waals surface area contributed by atoms with Crippen LogP contribution in [0.5, 0.6) is 5.75 Å². The second-order valence-electron chi connectivity index (χ2n) is 7.03. The Morgan fingerprint density at radius 3 is 2.19 bits per heavy atom. The summed E-state index contributed by atoms with van der Waals surface area (Å²) in [5.74, 6) is 0.238. The van der Waals surface area contributed by atoms with Gasteiger partial charge in [-0.2, -0.15) is 0 Å². The van der Waals surface area contributed by atoms with E-state index in [0.29, 0.717) is 27.7 Å². The number of benzene rings is 3. The van der Waals surface area contributed by atoms with Crippen LogP contribution in [-0.2, 0) is 0 Å². The van der Waals surface area contributed by atoms with E-state index in [-0.39, 0.29) is 17.9 Å². The van der Waals surface area contributed by atoms with Crippen LogP contribution in [0.15, 0.2) is 85.1 Å². The van der Waals surface area contributed by atoms with Gasteiger partial charge in [0.25, 0.3) is 11.8 Å². The van der Waals surface area contributed by atoms with Crippen LogP contribution in [0, 0.1) is 0 Å². The third-order valence-corrected chi connectivity index (χ3v) is 5.80. The minimum atomic E-state index is -0.345. The van der Waals surface area contributed by atoms with Crippen molar-refractivity contribution in [1.82, 2.24) is 9.88 Å². The molecule has 1 N–H and O–H groups in total. The van der Waals surface area contributed by atoms with Crippen LogP contribution < -0.4 is 10.1 Å². The Kier molecular flexibility index (Phi) is 6.18. The zero-order valence-corrected chi connectivity index (χ0v) is 18.5. The summed E-state index contributed by atoms with van der Waals surface area (Å²) >= 11 is 3.51. The first kappa shape index (κ1) is 20.9. The molecular formula is C25H21BrN2O3. The molecule has 0 aliphatic rings. The molecule has 0 radical (unpaired) electrons. The summed E-state index contributed by atoms with van der Waals surface area (Å²) in [5.41, 5.74) is 2.63. The maximum Gasteiger partial charge on any atom is 0.262 e. The fourth-order valence-electron chi connectivity index (χ4n) is 3.62. The van der Waals surface area contributed by atoms with Gasteiger partial charge in [-0.3, -0.25) is 14.2 Å². The molecule has 4 aromatic rings. The van der Waals surface area contributed by atoms with E-state index < -0.39 is 0 Å². The third-order valence-electron chi connectivity index (χ3n) is 5.15. The zero-order chi connectivity index (χ0) is 21.8. The minimum Gasteiger partial charge on any atom is -0.494 e. The number of ether oxygens (including phenoxy) is 1. The van der Waals surface area contributed by atoms with Gasteiger partial charge in [-0.25, -0.2) is 0 Å². The lowest BCUT2D eigenvalue weighted by atomic mass is 10.0. The quantitative estimate of drug-likeness (QED) is 0.388. The molecular weight excluding hydrogens is 456 g/mol. The maximum atomic E-state index is 13.1. The standard InChI is InChI=1S/C25H21BrN2O3/c1-31-23-20(21(16-26)27-24(29)18-8-4-2-5-9-18)13-12-17-14-15-28(22(17)23)25(30)19-10-6-3-7-11-19/h2-15,21H,16H2,1H3,(H,27,29). The molecule has 0 saturated carbocycles. The Balaban J connectivity index is 1.76. The molecule has 1 unspecified atom stereocenters. The number of rotatable bonds is 6. The molecule has 4 rings (SSSR count). The molecule has 31 heavy (non-hydrogen) atoms. The number of nitrogens with one attached hydrogen (secondary N) is 1. The topological polar surface area (TPSA) is 60.3 Å². The summed E-state index contributed by atoms with van der Waals surface area (Å²) in [6, 6.07) is 23.6. The summed E-state index contributed by atoms with van der Waals surface area (Å²) in [4.78, 5) is 25.9. The summed E-state index contributed by atoms with van der Waals surface area (Å²) < 4.78 is 7.36. The van der Waals surface area contributed by atoms with Crippen molar-refractivity contribution in [3.8, 4) is 5.75 Å². The number of aromatic nitrogens is 1. The van der Waals surface area contributed by atoms with Crippen LogP contribution >= 0.6 is 15.9 Å². The number of halogens is 1. The van der Waals surface area contributed by atoms with Gasteiger partial charge < -0.3 is 10.1 Å². The molecule has 1 aromatic heterocycles. The average molecular weight is 477 g/mol. The number of alkyl halides is 1. The largest absolute Gasteiger partial charge is 0.494 e. The molecule has 156 valence electrons. The molecule has 3 aromatic carbocycles. The van der Waals surface area contributed by atoms with Crippen molar-refractivity contribution in [3.05, 3.63) is 102 Å². The highest BCUT2D eigenvalue weighted by atomic mass is 79.9. The Labute approximate surface area is 188 Å². The number of carbonyl (C=O) groups is 2. The van der Waals surface area contributed by atoms with E-state index in [0.717, 1.165) is 10.9 Å². The molecule has 0 fully saturated rings. The number of methoxy groups -OCH3 is 1. The molecule has 0 spiro atoms. The van der Waals surface area contributed by atoms with E-state index in [2.05, 4.69) is 21.2 Å². The Hall–Kier alpha value is -3.38. The van der Waals surface area contributed by atoms with E-state index in [1.165, 1.54) is 0 Å². The number of carbonyl (C=O) groups excluding carboxylic acids is 2. The van der Waals surface area contributed by atoms with Crippen LogP contribution in [0.25, 0.3) is 10.9 Å². The number of hydrogen-bond acceptors (Lipinski definition) is 3. The second kappa shape index (κ2) is 9.18. The fourth-order valence-corrected chi connectivity index (χ4v) is 4.13. The first-order chi connectivity index (χ1) is 15.1. The lowest BCUT2D eigenvalue weighted by Crippen LogP contribution is -2.29. The van der Waals surface area contributed by atoms with Crippen LogP contribution in [0.3, 0.4) is 0 Å². The predicted molar refractivity (Wildman–Crippen MR) is 125 cm³/mol. The molecule has 0 bridgehead atoms. The molecule has 5 nitrogen and oxygen atoms in total. The average Bonchev–Trinajstić information content (AvgIpc) is 3.26. The highest BCUT2D eigenvalue weighted by Gasteiger charge is 2.23. The van der Waals surface area contributed by atoms with Gasteiger partial charge in [0, 0.05) is 33.6 Å². The lowest BCUT2D eigenvalue weighted by Gasteiger charge is -2.21. The van der Waals surface area contributed by atoms with E-state index >= 15 is 0 Å². The Bertz CT molecular complexity index is 1220. The Morgan fingerprint density at radius 2 is 1.58 bits per heavy atom. The third kappa shape index (κ3) is 4.11. The van der Waals surface area contributed by atoms with Gasteiger partial charge in [0.05, 0.1) is 18.7 Å². The summed E-state index contributed by atoms with van der Waals surface area (Å²) in [6.45, 7) is 0. The fraction of sp³-hybridized carbons (Fsp3) is 0.120. The van der Waals surface area contributed by atoms with Crippen molar-refractivity contribution in [2.75, 3.05) is 12.4 Å². The van der Waals surface area contributed by atoms with Crippen molar-refractivity contribution < 1.29 is 14.3 Å². The van der Waals surface area contributed by atoms with Gasteiger partial charge in [0.15, 0.2) is 0 Å². The molecule has 1 heterocycles. The summed E-state index contributed by atoms with van der Waals surface area (Å²) in [5, 5.41) is 4.42. The second-order valence-corrected chi connectivity index (χ2v) is 7.68. The highest BCUT2D eigenvalue weighted by Crippen LogP contribution is 2.35. The molecule has 1 atom stereocenters. The SMILES string of the molecule is COc1c(C(CBr)NC(=O)c2ccccc2)ccc2ccn(C(=O)c3ccccc3)c12. The van der Waals surface area contributed by atoms with Crippen molar-refractivity contribution in [2.24, 2.45) is 0 Å². The Morgan fingerprint density at radius 1 is 0.935 bits per heavy atom. The normalized spacial score (nSPS) is 11.8. The zero-order valence-electron chi connectivity index (χ0n) is 16.9. The molecule has 0 saturated heterocycles. The monoisotopic (exact) mass is 476 g/mol. The van der Waals surface area contributed by atoms with Crippen LogP contribution in [0.1, 0.15) is 32.3 Å². The van der Waals surface area contributed by atoms with E-state index in [1.807, 2.05) is 54.6 Å².